The molecule has 4 nitrogen and oxygen atoms in total. The summed E-state index contributed by atoms with van der Waals surface area (Å²) in [5.74, 6) is 0.316. The van der Waals surface area contributed by atoms with E-state index in [9.17, 15) is 18.3 Å². The molecule has 116 valence electrons. The molecule has 0 saturated carbocycles. The summed E-state index contributed by atoms with van der Waals surface area (Å²) in [5, 5.41) is 9.71. The highest BCUT2D eigenvalue weighted by Gasteiger charge is 2.31. The Morgan fingerprint density at radius 2 is 1.95 bits per heavy atom. The van der Waals surface area contributed by atoms with Gasteiger partial charge in [-0.3, -0.25) is 4.90 Å². The number of alkyl halides is 3. The first kappa shape index (κ1) is 15.8. The zero-order valence-corrected chi connectivity index (χ0v) is 12.0. The number of hydrogen-bond donors (Lipinski definition) is 1. The molecule has 1 aromatic carbocycles. The predicted molar refractivity (Wildman–Crippen MR) is 71.6 cm³/mol. The number of aliphatic hydroxyl groups is 1. The van der Waals surface area contributed by atoms with Crippen molar-refractivity contribution in [1.82, 2.24) is 9.88 Å². The third-order valence-corrected chi connectivity index (χ3v) is 2.82. The number of nitrogens with zero attached hydrogens (tertiary/aromatic N) is 2. The molecule has 1 heterocycles. The lowest BCUT2D eigenvalue weighted by Crippen LogP contribution is -2.35. The monoisotopic (exact) mass is 302 g/mol. The smallest absolute Gasteiger partial charge is 0.416 e. The molecular weight excluding hydrogens is 285 g/mol. The largest absolute Gasteiger partial charge is 0.439 e. The Morgan fingerprint density at radius 1 is 1.29 bits per heavy atom. The van der Waals surface area contributed by atoms with E-state index in [0.29, 0.717) is 24.6 Å². The van der Waals surface area contributed by atoms with E-state index in [4.69, 9.17) is 4.42 Å². The van der Waals surface area contributed by atoms with E-state index in [-0.39, 0.29) is 5.52 Å². The molecule has 0 amide bonds. The lowest BCUT2D eigenvalue weighted by Gasteiger charge is -2.24. The average molecular weight is 302 g/mol. The predicted octanol–water partition coefficient (Wildman–Crippen LogP) is 3.05. The minimum absolute atomic E-state index is 0.177. The zero-order valence-electron chi connectivity index (χ0n) is 12.0. The van der Waals surface area contributed by atoms with Crippen molar-refractivity contribution >= 4 is 11.1 Å². The normalized spacial score (nSPS) is 13.3. The van der Waals surface area contributed by atoms with Crippen molar-refractivity contribution in [2.24, 2.45) is 0 Å². The topological polar surface area (TPSA) is 49.5 Å². The van der Waals surface area contributed by atoms with E-state index < -0.39 is 17.3 Å². The fraction of sp³-hybridized carbons (Fsp3) is 0.500. The van der Waals surface area contributed by atoms with Gasteiger partial charge in [0.1, 0.15) is 5.52 Å². The number of benzene rings is 1. The Balaban J connectivity index is 2.19. The molecule has 7 heteroatoms. The lowest BCUT2D eigenvalue weighted by molar-refractivity contribution is -0.137. The number of hydrogen-bond acceptors (Lipinski definition) is 4. The summed E-state index contributed by atoms with van der Waals surface area (Å²) in [5.41, 5.74) is -1.13. The molecule has 0 aliphatic carbocycles. The van der Waals surface area contributed by atoms with Crippen LogP contribution in [0.1, 0.15) is 25.3 Å². The lowest BCUT2D eigenvalue weighted by atomic mass is 10.1. The molecule has 0 aliphatic rings. The SMILES string of the molecule is CN(Cc1nc2cc(C(F)(F)F)ccc2o1)CC(C)(C)O. The fourth-order valence-electron chi connectivity index (χ4n) is 2.17. The number of aromatic nitrogens is 1. The molecule has 0 aliphatic heterocycles. The highest BCUT2D eigenvalue weighted by Crippen LogP contribution is 2.31. The van der Waals surface area contributed by atoms with Gasteiger partial charge in [0.2, 0.25) is 5.89 Å². The minimum Gasteiger partial charge on any atom is -0.439 e. The van der Waals surface area contributed by atoms with Gasteiger partial charge in [-0.2, -0.15) is 13.2 Å². The summed E-state index contributed by atoms with van der Waals surface area (Å²) >= 11 is 0. The molecule has 2 aromatic rings. The molecule has 0 saturated heterocycles. The molecule has 0 unspecified atom stereocenters. The molecule has 1 aromatic heterocycles. The first-order valence-electron chi connectivity index (χ1n) is 6.42. The van der Waals surface area contributed by atoms with Gasteiger partial charge in [-0.15, -0.1) is 0 Å². The average Bonchev–Trinajstić information content (AvgIpc) is 2.65. The van der Waals surface area contributed by atoms with Gasteiger partial charge in [-0.05, 0) is 39.1 Å². The second kappa shape index (κ2) is 5.31. The van der Waals surface area contributed by atoms with Crippen molar-refractivity contribution < 1.29 is 22.7 Å². The van der Waals surface area contributed by atoms with Gasteiger partial charge in [0.25, 0.3) is 0 Å². The standard InChI is InChI=1S/C14H17F3N2O2/c1-13(2,20)8-19(3)7-12-18-10-6-9(14(15,16)17)4-5-11(10)21-12/h4-6,20H,7-8H2,1-3H3. The molecule has 0 radical (unpaired) electrons. The van der Waals surface area contributed by atoms with Crippen LogP contribution in [0.3, 0.4) is 0 Å². The quantitative estimate of drug-likeness (QED) is 0.943. The number of halogens is 3. The Kier molecular flexibility index (Phi) is 3.99. The van der Waals surface area contributed by atoms with E-state index in [2.05, 4.69) is 4.98 Å². The van der Waals surface area contributed by atoms with E-state index >= 15 is 0 Å². The number of rotatable bonds is 4. The first-order valence-corrected chi connectivity index (χ1v) is 6.42. The number of likely N-dealkylation sites (N-methyl/N-ethyl adjacent to an activating group) is 1. The summed E-state index contributed by atoms with van der Waals surface area (Å²) in [6.07, 6.45) is -4.40. The molecule has 0 spiro atoms. The third kappa shape index (κ3) is 4.18. The fourth-order valence-corrected chi connectivity index (χ4v) is 2.17. The highest BCUT2D eigenvalue weighted by atomic mass is 19.4. The van der Waals surface area contributed by atoms with Gasteiger partial charge < -0.3 is 9.52 Å². The maximum Gasteiger partial charge on any atom is 0.416 e. The maximum atomic E-state index is 12.6. The van der Waals surface area contributed by atoms with Gasteiger partial charge in [0, 0.05) is 6.54 Å². The molecule has 1 N–H and O–H groups in total. The van der Waals surface area contributed by atoms with Crippen LogP contribution in [-0.2, 0) is 12.7 Å². The second-order valence-electron chi connectivity index (χ2n) is 5.77. The Labute approximate surface area is 120 Å². The van der Waals surface area contributed by atoms with Crippen molar-refractivity contribution in [1.29, 1.82) is 0 Å². The van der Waals surface area contributed by atoms with Gasteiger partial charge in [-0.25, -0.2) is 4.98 Å². The van der Waals surface area contributed by atoms with E-state index in [1.54, 1.807) is 25.8 Å². The van der Waals surface area contributed by atoms with Crippen molar-refractivity contribution in [3.05, 3.63) is 29.7 Å². The highest BCUT2D eigenvalue weighted by molar-refractivity contribution is 5.73. The Morgan fingerprint density at radius 3 is 2.52 bits per heavy atom. The zero-order chi connectivity index (χ0) is 15.8. The van der Waals surface area contributed by atoms with Crippen molar-refractivity contribution in [3.63, 3.8) is 0 Å². The minimum atomic E-state index is -4.40. The molecule has 0 atom stereocenters. The molecular formula is C14H17F3N2O2. The Bertz CT molecular complexity index is 629. The van der Waals surface area contributed by atoms with E-state index in [1.807, 2.05) is 0 Å². The van der Waals surface area contributed by atoms with Gasteiger partial charge in [0.05, 0.1) is 17.7 Å². The van der Waals surface area contributed by atoms with Crippen molar-refractivity contribution in [2.45, 2.75) is 32.2 Å². The molecule has 2 rings (SSSR count). The van der Waals surface area contributed by atoms with Crippen LogP contribution in [0.2, 0.25) is 0 Å². The van der Waals surface area contributed by atoms with Crippen LogP contribution < -0.4 is 0 Å². The second-order valence-corrected chi connectivity index (χ2v) is 5.77. The third-order valence-electron chi connectivity index (χ3n) is 2.82. The van der Waals surface area contributed by atoms with Crippen molar-refractivity contribution in [3.8, 4) is 0 Å². The van der Waals surface area contributed by atoms with Crippen LogP contribution in [0, 0.1) is 0 Å². The van der Waals surface area contributed by atoms with E-state index in [1.165, 1.54) is 6.07 Å². The van der Waals surface area contributed by atoms with Crippen LogP contribution in [0.4, 0.5) is 13.2 Å². The number of oxazole rings is 1. The molecule has 0 fully saturated rings. The van der Waals surface area contributed by atoms with Crippen LogP contribution in [0.25, 0.3) is 11.1 Å². The van der Waals surface area contributed by atoms with Gasteiger partial charge in [-0.1, -0.05) is 0 Å². The van der Waals surface area contributed by atoms with Crippen LogP contribution in [0.15, 0.2) is 22.6 Å². The summed E-state index contributed by atoms with van der Waals surface area (Å²) in [4.78, 5) is 5.85. The maximum absolute atomic E-state index is 12.6. The molecule has 21 heavy (non-hydrogen) atoms. The Hall–Kier alpha value is -1.60. The van der Waals surface area contributed by atoms with Crippen LogP contribution in [0.5, 0.6) is 0 Å². The summed E-state index contributed by atoms with van der Waals surface area (Å²) in [7, 11) is 1.77. The summed E-state index contributed by atoms with van der Waals surface area (Å²) in [6.45, 7) is 4.04. The van der Waals surface area contributed by atoms with E-state index in [0.717, 1.165) is 12.1 Å². The van der Waals surface area contributed by atoms with Crippen LogP contribution in [-0.4, -0.2) is 34.2 Å². The summed E-state index contributed by atoms with van der Waals surface area (Å²) < 4.78 is 43.3. The van der Waals surface area contributed by atoms with Crippen molar-refractivity contribution in [2.75, 3.05) is 13.6 Å². The first-order chi connectivity index (χ1) is 9.54. The van der Waals surface area contributed by atoms with Gasteiger partial charge in [0.15, 0.2) is 5.58 Å². The van der Waals surface area contributed by atoms with Crippen LogP contribution >= 0.6 is 0 Å². The summed E-state index contributed by atoms with van der Waals surface area (Å²) in [6, 6.07) is 3.21. The van der Waals surface area contributed by atoms with Gasteiger partial charge >= 0.3 is 6.18 Å². The number of fused-ring (bicyclic) bond motifs is 1. The molecule has 0 bridgehead atoms.